The third-order valence-corrected chi connectivity index (χ3v) is 4.27. The first-order valence-electron chi connectivity index (χ1n) is 6.91. The van der Waals surface area contributed by atoms with Crippen LogP contribution in [-0.2, 0) is 11.2 Å². The van der Waals surface area contributed by atoms with Gasteiger partial charge in [-0.25, -0.2) is 8.78 Å². The predicted octanol–water partition coefficient (Wildman–Crippen LogP) is 3.67. The maximum absolute atomic E-state index is 13.2. The van der Waals surface area contributed by atoms with Gasteiger partial charge in [-0.1, -0.05) is 22.0 Å². The fourth-order valence-electron chi connectivity index (χ4n) is 2.37. The van der Waals surface area contributed by atoms with Crippen LogP contribution in [0.4, 0.5) is 8.78 Å². The molecule has 2 rings (SSSR count). The van der Waals surface area contributed by atoms with Crippen molar-refractivity contribution in [1.82, 2.24) is 4.90 Å². The summed E-state index contributed by atoms with van der Waals surface area (Å²) >= 11 is 3.37. The maximum Gasteiger partial charge on any atom is 0.227 e. The second-order valence-electron chi connectivity index (χ2n) is 5.14. The van der Waals surface area contributed by atoms with Crippen LogP contribution in [0, 0.1) is 11.6 Å². The van der Waals surface area contributed by atoms with E-state index in [1.165, 1.54) is 6.07 Å². The number of hydrogen-bond acceptors (Lipinski definition) is 1. The second-order valence-corrected chi connectivity index (χ2v) is 5.93. The first-order valence-corrected chi connectivity index (χ1v) is 8.03. The predicted molar refractivity (Wildman–Crippen MR) is 77.8 cm³/mol. The Morgan fingerprint density at radius 3 is 2.60 bits per heavy atom. The van der Waals surface area contributed by atoms with Gasteiger partial charge in [0.05, 0.1) is 6.42 Å². The number of amides is 1. The van der Waals surface area contributed by atoms with Crippen LogP contribution in [-0.4, -0.2) is 28.7 Å². The highest BCUT2D eigenvalue weighted by atomic mass is 79.9. The van der Waals surface area contributed by atoms with E-state index in [-0.39, 0.29) is 12.3 Å². The number of carbonyl (C=O) groups is 1. The normalized spacial score (nSPS) is 14.9. The van der Waals surface area contributed by atoms with Crippen LogP contribution >= 0.6 is 15.9 Å². The Balaban J connectivity index is 2.01. The molecule has 0 N–H and O–H groups in total. The van der Waals surface area contributed by atoms with Gasteiger partial charge in [0.2, 0.25) is 5.91 Å². The molecule has 0 aliphatic heterocycles. The van der Waals surface area contributed by atoms with Gasteiger partial charge in [-0.3, -0.25) is 4.79 Å². The lowest BCUT2D eigenvalue weighted by Crippen LogP contribution is -2.45. The van der Waals surface area contributed by atoms with Crippen molar-refractivity contribution in [3.8, 4) is 0 Å². The zero-order chi connectivity index (χ0) is 14.5. The molecule has 1 fully saturated rings. The number of nitrogens with zero attached hydrogens (tertiary/aromatic N) is 1. The third-order valence-electron chi connectivity index (χ3n) is 3.71. The summed E-state index contributed by atoms with van der Waals surface area (Å²) in [5, 5.41) is 0.856. The van der Waals surface area contributed by atoms with Crippen LogP contribution in [0.5, 0.6) is 0 Å². The monoisotopic (exact) mass is 345 g/mol. The molecule has 1 aliphatic rings. The highest BCUT2D eigenvalue weighted by Gasteiger charge is 2.28. The number of alkyl halides is 1. The Bertz CT molecular complexity index is 477. The van der Waals surface area contributed by atoms with Crippen LogP contribution in [0.3, 0.4) is 0 Å². The van der Waals surface area contributed by atoms with Crippen molar-refractivity contribution in [2.75, 3.05) is 11.9 Å². The van der Waals surface area contributed by atoms with Crippen molar-refractivity contribution in [2.45, 2.75) is 38.1 Å². The van der Waals surface area contributed by atoms with Crippen molar-refractivity contribution < 1.29 is 13.6 Å². The Morgan fingerprint density at radius 2 is 2.05 bits per heavy atom. The van der Waals surface area contributed by atoms with E-state index in [0.717, 1.165) is 49.7 Å². The topological polar surface area (TPSA) is 20.3 Å². The highest BCUT2D eigenvalue weighted by Crippen LogP contribution is 2.26. The number of benzene rings is 1. The van der Waals surface area contributed by atoms with E-state index in [9.17, 15) is 13.6 Å². The van der Waals surface area contributed by atoms with Crippen LogP contribution in [0.25, 0.3) is 0 Å². The van der Waals surface area contributed by atoms with E-state index in [1.807, 2.05) is 4.90 Å². The van der Waals surface area contributed by atoms with Gasteiger partial charge in [-0.15, -0.1) is 0 Å². The zero-order valence-corrected chi connectivity index (χ0v) is 12.8. The van der Waals surface area contributed by atoms with Gasteiger partial charge in [0, 0.05) is 17.9 Å². The van der Waals surface area contributed by atoms with E-state index in [0.29, 0.717) is 11.6 Å². The number of hydrogen-bond donors (Lipinski definition) is 0. The molecule has 1 aliphatic carbocycles. The molecule has 1 saturated carbocycles. The van der Waals surface area contributed by atoms with Gasteiger partial charge < -0.3 is 4.90 Å². The Hall–Kier alpha value is -0.970. The van der Waals surface area contributed by atoms with E-state index in [2.05, 4.69) is 15.9 Å². The number of carbonyl (C=O) groups excluding carboxylic acids is 1. The minimum atomic E-state index is -0.897. The van der Waals surface area contributed by atoms with Gasteiger partial charge in [-0.05, 0) is 43.4 Å². The second kappa shape index (κ2) is 7.16. The molecule has 0 atom stereocenters. The fraction of sp³-hybridized carbons (Fsp3) is 0.533. The Labute approximate surface area is 126 Å². The summed E-state index contributed by atoms with van der Waals surface area (Å²) in [6.45, 7) is 0.721. The van der Waals surface area contributed by atoms with E-state index in [4.69, 9.17) is 0 Å². The molecule has 0 unspecified atom stereocenters. The average Bonchev–Trinajstić information content (AvgIpc) is 2.36. The molecule has 0 saturated heterocycles. The quantitative estimate of drug-likeness (QED) is 0.720. The molecular formula is C15H18BrF2NO. The van der Waals surface area contributed by atoms with Crippen LogP contribution in [0.2, 0.25) is 0 Å². The molecule has 2 nitrogen and oxygen atoms in total. The van der Waals surface area contributed by atoms with Gasteiger partial charge >= 0.3 is 0 Å². The molecule has 1 amide bonds. The van der Waals surface area contributed by atoms with Crippen molar-refractivity contribution in [1.29, 1.82) is 0 Å². The summed E-state index contributed by atoms with van der Waals surface area (Å²) in [5.74, 6) is -1.77. The number of halogens is 3. The summed E-state index contributed by atoms with van der Waals surface area (Å²) in [7, 11) is 0. The molecule has 20 heavy (non-hydrogen) atoms. The molecule has 1 aromatic carbocycles. The summed E-state index contributed by atoms with van der Waals surface area (Å²) in [6.07, 6.45) is 4.29. The van der Waals surface area contributed by atoms with E-state index in [1.54, 1.807) is 0 Å². The van der Waals surface area contributed by atoms with E-state index < -0.39 is 11.6 Å². The van der Waals surface area contributed by atoms with Crippen molar-refractivity contribution in [3.05, 3.63) is 35.4 Å². The van der Waals surface area contributed by atoms with Gasteiger partial charge in [-0.2, -0.15) is 0 Å². The lowest BCUT2D eigenvalue weighted by molar-refractivity contribution is -0.134. The standard InChI is InChI=1S/C15H18BrF2NO/c16-7-2-8-19(12-3-1-4-12)15(20)10-11-5-6-13(17)14(18)9-11/h5-6,9,12H,1-4,7-8,10H2. The van der Waals surface area contributed by atoms with Crippen molar-refractivity contribution in [2.24, 2.45) is 0 Å². The summed E-state index contributed by atoms with van der Waals surface area (Å²) < 4.78 is 26.0. The minimum absolute atomic E-state index is 0.00154. The lowest BCUT2D eigenvalue weighted by Gasteiger charge is -2.37. The van der Waals surface area contributed by atoms with Gasteiger partial charge in [0.1, 0.15) is 0 Å². The first-order chi connectivity index (χ1) is 9.61. The molecule has 5 heteroatoms. The minimum Gasteiger partial charge on any atom is -0.339 e. The molecular weight excluding hydrogens is 328 g/mol. The summed E-state index contributed by atoms with van der Waals surface area (Å²) in [4.78, 5) is 14.2. The average molecular weight is 346 g/mol. The van der Waals surface area contributed by atoms with Crippen molar-refractivity contribution >= 4 is 21.8 Å². The molecule has 110 valence electrons. The molecule has 0 radical (unpaired) electrons. The summed E-state index contributed by atoms with van der Waals surface area (Å²) in [6, 6.07) is 3.98. The smallest absolute Gasteiger partial charge is 0.227 e. The number of rotatable bonds is 6. The Morgan fingerprint density at radius 1 is 1.30 bits per heavy atom. The third kappa shape index (κ3) is 3.78. The first kappa shape index (κ1) is 15.4. The largest absolute Gasteiger partial charge is 0.339 e. The fourth-order valence-corrected chi connectivity index (χ4v) is 2.62. The SMILES string of the molecule is O=C(Cc1ccc(F)c(F)c1)N(CCCBr)C1CCC1. The van der Waals surface area contributed by atoms with Gasteiger partial charge in [0.25, 0.3) is 0 Å². The zero-order valence-electron chi connectivity index (χ0n) is 11.2. The maximum atomic E-state index is 13.2. The summed E-state index contributed by atoms with van der Waals surface area (Å²) in [5.41, 5.74) is 0.525. The van der Waals surface area contributed by atoms with Crippen molar-refractivity contribution in [3.63, 3.8) is 0 Å². The molecule has 0 aromatic heterocycles. The molecule has 0 heterocycles. The molecule has 1 aromatic rings. The Kier molecular flexibility index (Phi) is 5.52. The van der Waals surface area contributed by atoms with Crippen LogP contribution in [0.1, 0.15) is 31.2 Å². The van der Waals surface area contributed by atoms with Crippen LogP contribution < -0.4 is 0 Å². The van der Waals surface area contributed by atoms with Crippen LogP contribution in [0.15, 0.2) is 18.2 Å². The lowest BCUT2D eigenvalue weighted by atomic mass is 9.91. The molecule has 0 spiro atoms. The highest BCUT2D eigenvalue weighted by molar-refractivity contribution is 9.09. The van der Waals surface area contributed by atoms with Gasteiger partial charge in [0.15, 0.2) is 11.6 Å². The molecule has 0 bridgehead atoms. The van der Waals surface area contributed by atoms with E-state index >= 15 is 0 Å².